The van der Waals surface area contributed by atoms with Crippen molar-refractivity contribution in [2.75, 3.05) is 0 Å². The van der Waals surface area contributed by atoms with Gasteiger partial charge in [-0.15, -0.1) is 0 Å². The summed E-state index contributed by atoms with van der Waals surface area (Å²) in [6, 6.07) is 13.0. The Morgan fingerprint density at radius 1 is 1.11 bits per heavy atom. The second-order valence-electron chi connectivity index (χ2n) is 11.6. The Kier molecular flexibility index (Phi) is 6.87. The van der Waals surface area contributed by atoms with E-state index in [4.69, 9.17) is 5.73 Å². The van der Waals surface area contributed by atoms with Gasteiger partial charge >= 0.3 is 0 Å². The van der Waals surface area contributed by atoms with Gasteiger partial charge in [0.25, 0.3) is 5.91 Å². The van der Waals surface area contributed by atoms with Crippen molar-refractivity contribution in [3.63, 3.8) is 0 Å². The van der Waals surface area contributed by atoms with Crippen LogP contribution in [0.5, 0.6) is 0 Å². The minimum atomic E-state index is -0.0434. The maximum absolute atomic E-state index is 13.3. The zero-order chi connectivity index (χ0) is 25.3. The van der Waals surface area contributed by atoms with Crippen molar-refractivity contribution >= 4 is 17.8 Å². The summed E-state index contributed by atoms with van der Waals surface area (Å²) in [5, 5.41) is 5.94. The van der Waals surface area contributed by atoms with Crippen LogP contribution >= 0.6 is 0 Å². The van der Waals surface area contributed by atoms with Crippen LogP contribution in [0.2, 0.25) is 0 Å². The van der Waals surface area contributed by atoms with E-state index in [0.717, 1.165) is 56.9 Å². The van der Waals surface area contributed by atoms with E-state index in [9.17, 15) is 9.59 Å². The number of nitrogens with one attached hydrogen (secondary N) is 2. The van der Waals surface area contributed by atoms with E-state index in [1.165, 1.54) is 34.2 Å². The molecule has 2 amide bonds. The van der Waals surface area contributed by atoms with Gasteiger partial charge in [0.1, 0.15) is 0 Å². The van der Waals surface area contributed by atoms with Gasteiger partial charge in [-0.2, -0.15) is 0 Å². The van der Waals surface area contributed by atoms with Crippen LogP contribution in [0.25, 0.3) is 0 Å². The fraction of sp³-hybridized carbons (Fsp3) is 0.500. The monoisotopic (exact) mass is 486 g/mol. The van der Waals surface area contributed by atoms with Gasteiger partial charge in [0.15, 0.2) is 5.96 Å². The molecule has 0 radical (unpaired) electrons. The first-order valence-corrected chi connectivity index (χ1v) is 13.4. The molecule has 2 atom stereocenters. The molecule has 5 rings (SSSR count). The summed E-state index contributed by atoms with van der Waals surface area (Å²) in [4.78, 5) is 29.3. The summed E-state index contributed by atoms with van der Waals surface area (Å²) in [6.45, 7) is 4.58. The Morgan fingerprint density at radius 3 is 2.75 bits per heavy atom. The standard InChI is InChI=1S/C30H38N4O2/c1-30(2)17-23-11-10-19(6-3-4-9-24-16-27(35)34-29(31)32-24)14-25(23)26(18-30)33-28(36)22-13-12-20-7-5-8-21(20)15-22/h10-15,24,26H,3-9,16-18H2,1-2H3,(H,33,36)(H3,31,32,34,35). The number of guanidine groups is 1. The molecule has 6 nitrogen and oxygen atoms in total. The highest BCUT2D eigenvalue weighted by Crippen LogP contribution is 2.41. The van der Waals surface area contributed by atoms with Crippen molar-refractivity contribution < 1.29 is 9.59 Å². The second kappa shape index (κ2) is 10.1. The summed E-state index contributed by atoms with van der Waals surface area (Å²) in [5.74, 6) is 0.222. The molecule has 0 bridgehead atoms. The third-order valence-electron chi connectivity index (χ3n) is 7.94. The van der Waals surface area contributed by atoms with Gasteiger partial charge in [0, 0.05) is 12.0 Å². The third-order valence-corrected chi connectivity index (χ3v) is 7.94. The van der Waals surface area contributed by atoms with Gasteiger partial charge in [0.2, 0.25) is 5.91 Å². The van der Waals surface area contributed by atoms with Crippen LogP contribution in [0.15, 0.2) is 41.4 Å². The molecular weight excluding hydrogens is 448 g/mol. The number of unbranched alkanes of at least 4 members (excludes halogenated alkanes) is 1. The van der Waals surface area contributed by atoms with E-state index in [-0.39, 0.29) is 35.3 Å². The summed E-state index contributed by atoms with van der Waals surface area (Å²) < 4.78 is 0. The summed E-state index contributed by atoms with van der Waals surface area (Å²) in [6.07, 6.45) is 9.63. The van der Waals surface area contributed by atoms with Crippen molar-refractivity contribution in [2.45, 2.75) is 90.1 Å². The molecule has 2 aliphatic carbocycles. The first-order chi connectivity index (χ1) is 17.3. The zero-order valence-corrected chi connectivity index (χ0v) is 21.5. The normalized spacial score (nSPS) is 22.3. The lowest BCUT2D eigenvalue weighted by Gasteiger charge is -2.37. The lowest BCUT2D eigenvalue weighted by molar-refractivity contribution is -0.120. The molecule has 0 aromatic heterocycles. The molecule has 0 fully saturated rings. The van der Waals surface area contributed by atoms with Crippen molar-refractivity contribution in [2.24, 2.45) is 16.1 Å². The topological polar surface area (TPSA) is 96.6 Å². The number of fused-ring (bicyclic) bond motifs is 2. The number of amides is 2. The number of benzene rings is 2. The van der Waals surface area contributed by atoms with Crippen LogP contribution in [-0.2, 0) is 30.5 Å². The molecule has 6 heteroatoms. The Hall–Kier alpha value is -3.15. The van der Waals surface area contributed by atoms with Gasteiger partial charge in [-0.3, -0.25) is 14.9 Å². The third kappa shape index (κ3) is 5.63. The van der Waals surface area contributed by atoms with Crippen LogP contribution in [0.4, 0.5) is 0 Å². The highest BCUT2D eigenvalue weighted by atomic mass is 16.2. The van der Waals surface area contributed by atoms with E-state index in [0.29, 0.717) is 6.42 Å². The molecule has 2 unspecified atom stereocenters. The predicted molar refractivity (Wildman–Crippen MR) is 143 cm³/mol. The lowest BCUT2D eigenvalue weighted by Crippen LogP contribution is -2.43. The molecule has 4 N–H and O–H groups in total. The Morgan fingerprint density at radius 2 is 1.92 bits per heavy atom. The largest absolute Gasteiger partial charge is 0.370 e. The number of rotatable bonds is 7. The summed E-state index contributed by atoms with van der Waals surface area (Å²) in [5.41, 5.74) is 13.2. The number of hydrogen-bond acceptors (Lipinski definition) is 4. The molecule has 3 aliphatic rings. The summed E-state index contributed by atoms with van der Waals surface area (Å²) in [7, 11) is 0. The van der Waals surface area contributed by atoms with Crippen LogP contribution in [0, 0.1) is 5.41 Å². The van der Waals surface area contributed by atoms with E-state index < -0.39 is 0 Å². The van der Waals surface area contributed by atoms with Gasteiger partial charge in [0.05, 0.1) is 12.1 Å². The number of aryl methyl sites for hydroxylation is 3. The fourth-order valence-corrected chi connectivity index (χ4v) is 6.18. The van der Waals surface area contributed by atoms with Crippen LogP contribution in [-0.4, -0.2) is 23.8 Å². The number of nitrogens with two attached hydrogens (primary N) is 1. The van der Waals surface area contributed by atoms with Gasteiger partial charge in [-0.1, -0.05) is 44.5 Å². The number of carbonyl (C=O) groups excluding carboxylic acids is 2. The first kappa shape index (κ1) is 24.5. The zero-order valence-electron chi connectivity index (χ0n) is 21.5. The molecule has 0 saturated heterocycles. The second-order valence-corrected chi connectivity index (χ2v) is 11.6. The molecule has 0 spiro atoms. The van der Waals surface area contributed by atoms with E-state index in [1.807, 2.05) is 6.07 Å². The number of hydrogen-bond donors (Lipinski definition) is 3. The number of carbonyl (C=O) groups is 2. The predicted octanol–water partition coefficient (Wildman–Crippen LogP) is 4.53. The number of nitrogens with zero attached hydrogens (tertiary/aromatic N) is 1. The average molecular weight is 487 g/mol. The SMILES string of the molecule is CC1(C)Cc2ccc(CCCCC3CC(=O)NC(N)=N3)cc2C(NC(=O)c2ccc3c(c2)CCC3)C1. The molecule has 36 heavy (non-hydrogen) atoms. The summed E-state index contributed by atoms with van der Waals surface area (Å²) >= 11 is 0. The van der Waals surface area contributed by atoms with Crippen molar-refractivity contribution in [1.82, 2.24) is 10.6 Å². The molecular formula is C30H38N4O2. The average Bonchev–Trinajstić information content (AvgIpc) is 3.29. The van der Waals surface area contributed by atoms with Crippen molar-refractivity contribution in [1.29, 1.82) is 0 Å². The fourth-order valence-electron chi connectivity index (χ4n) is 6.18. The van der Waals surface area contributed by atoms with Crippen molar-refractivity contribution in [3.8, 4) is 0 Å². The molecule has 2 aromatic rings. The molecule has 2 aromatic carbocycles. The molecule has 1 heterocycles. The van der Waals surface area contributed by atoms with Gasteiger partial charge < -0.3 is 11.1 Å². The quantitative estimate of drug-likeness (QED) is 0.502. The van der Waals surface area contributed by atoms with Crippen molar-refractivity contribution in [3.05, 3.63) is 69.8 Å². The minimum Gasteiger partial charge on any atom is -0.370 e. The van der Waals surface area contributed by atoms with Crippen LogP contribution < -0.4 is 16.4 Å². The highest BCUT2D eigenvalue weighted by Gasteiger charge is 2.33. The van der Waals surface area contributed by atoms with E-state index in [2.05, 4.69) is 59.8 Å². The van der Waals surface area contributed by atoms with E-state index in [1.54, 1.807) is 0 Å². The Balaban J connectivity index is 1.25. The van der Waals surface area contributed by atoms with Crippen LogP contribution in [0.3, 0.4) is 0 Å². The van der Waals surface area contributed by atoms with Gasteiger partial charge in [-0.05, 0) is 96.7 Å². The molecule has 0 saturated carbocycles. The Labute approximate surface area is 214 Å². The number of aliphatic imine (C=N–C) groups is 1. The maximum Gasteiger partial charge on any atom is 0.251 e. The molecule has 1 aliphatic heterocycles. The van der Waals surface area contributed by atoms with E-state index >= 15 is 0 Å². The lowest BCUT2D eigenvalue weighted by atomic mass is 9.71. The first-order valence-electron chi connectivity index (χ1n) is 13.4. The maximum atomic E-state index is 13.3. The van der Waals surface area contributed by atoms with Crippen LogP contribution in [0.1, 0.15) is 96.6 Å². The smallest absolute Gasteiger partial charge is 0.251 e. The van der Waals surface area contributed by atoms with Gasteiger partial charge in [-0.25, -0.2) is 4.99 Å². The molecule has 190 valence electrons. The highest BCUT2D eigenvalue weighted by molar-refractivity contribution is 5.98. The minimum absolute atomic E-state index is 0.0108. The Bertz CT molecular complexity index is 1200.